The van der Waals surface area contributed by atoms with Gasteiger partial charge in [0.2, 0.25) is 0 Å². The summed E-state index contributed by atoms with van der Waals surface area (Å²) in [6.07, 6.45) is 1.50. The van der Waals surface area contributed by atoms with E-state index in [2.05, 4.69) is 25.8 Å². The molecule has 0 saturated carbocycles. The first-order chi connectivity index (χ1) is 16.0. The summed E-state index contributed by atoms with van der Waals surface area (Å²) in [5, 5.41) is 13.5. The zero-order valence-electron chi connectivity index (χ0n) is 17.7. The summed E-state index contributed by atoms with van der Waals surface area (Å²) in [7, 11) is 0. The van der Waals surface area contributed by atoms with E-state index in [1.807, 2.05) is 4.90 Å². The molecule has 1 amide bonds. The second-order valence-corrected chi connectivity index (χ2v) is 7.33. The summed E-state index contributed by atoms with van der Waals surface area (Å²) < 4.78 is 15.7. The SMILES string of the molecule is CCOC(=O)c1cccc(Nc2nnc(C(=O)Nc3cnc(N4CCOCC4)c(Cl)c3)o2)c1. The molecule has 11 nitrogen and oxygen atoms in total. The third kappa shape index (κ3) is 5.57. The van der Waals surface area contributed by atoms with Gasteiger partial charge >= 0.3 is 23.8 Å². The number of carbonyl (C=O) groups is 2. The van der Waals surface area contributed by atoms with Crippen LogP contribution in [0.25, 0.3) is 0 Å². The number of pyridine rings is 1. The van der Waals surface area contributed by atoms with Gasteiger partial charge in [-0.3, -0.25) is 4.79 Å². The number of ether oxygens (including phenoxy) is 2. The minimum atomic E-state index is -0.618. The van der Waals surface area contributed by atoms with Gasteiger partial charge in [0.25, 0.3) is 0 Å². The van der Waals surface area contributed by atoms with Gasteiger partial charge in [0.05, 0.1) is 42.3 Å². The number of benzene rings is 1. The largest absolute Gasteiger partial charge is 0.462 e. The molecule has 1 aliphatic rings. The minimum absolute atomic E-state index is 0.0139. The zero-order chi connectivity index (χ0) is 23.2. The molecule has 4 rings (SSSR count). The van der Waals surface area contributed by atoms with E-state index >= 15 is 0 Å². The fourth-order valence-electron chi connectivity index (χ4n) is 3.12. The van der Waals surface area contributed by atoms with E-state index < -0.39 is 11.9 Å². The number of hydrogen-bond donors (Lipinski definition) is 2. The third-order valence-electron chi connectivity index (χ3n) is 4.63. The molecule has 0 aliphatic carbocycles. The Hall–Kier alpha value is -3.70. The van der Waals surface area contributed by atoms with Crippen LogP contribution < -0.4 is 15.5 Å². The second kappa shape index (κ2) is 10.3. The van der Waals surface area contributed by atoms with Crippen LogP contribution in [0.4, 0.5) is 23.2 Å². The van der Waals surface area contributed by atoms with Gasteiger partial charge in [0.15, 0.2) is 0 Å². The summed E-state index contributed by atoms with van der Waals surface area (Å²) in [5.41, 5.74) is 1.27. The molecule has 0 radical (unpaired) electrons. The van der Waals surface area contributed by atoms with Gasteiger partial charge < -0.3 is 29.4 Å². The minimum Gasteiger partial charge on any atom is -0.462 e. The molecule has 1 saturated heterocycles. The van der Waals surface area contributed by atoms with Gasteiger partial charge in [-0.05, 0) is 31.2 Å². The van der Waals surface area contributed by atoms with Crippen LogP contribution in [0, 0.1) is 0 Å². The predicted octanol–water partition coefficient (Wildman–Crippen LogP) is 3.13. The van der Waals surface area contributed by atoms with Crippen LogP contribution in [0.1, 0.15) is 28.0 Å². The van der Waals surface area contributed by atoms with Gasteiger partial charge in [0.1, 0.15) is 5.82 Å². The maximum Gasteiger partial charge on any atom is 0.338 e. The molecule has 0 unspecified atom stereocenters. The highest BCUT2D eigenvalue weighted by Crippen LogP contribution is 2.27. The van der Waals surface area contributed by atoms with Gasteiger partial charge in [-0.2, -0.15) is 0 Å². The van der Waals surface area contributed by atoms with Crippen LogP contribution in [0.3, 0.4) is 0 Å². The number of nitrogens with one attached hydrogen (secondary N) is 2. The van der Waals surface area contributed by atoms with Crippen LogP contribution in [0.2, 0.25) is 5.02 Å². The fraction of sp³-hybridized carbons (Fsp3) is 0.286. The van der Waals surface area contributed by atoms with Gasteiger partial charge in [0, 0.05) is 18.8 Å². The summed E-state index contributed by atoms with van der Waals surface area (Å²) in [6.45, 7) is 4.61. The van der Waals surface area contributed by atoms with Gasteiger partial charge in [-0.1, -0.05) is 22.8 Å². The summed E-state index contributed by atoms with van der Waals surface area (Å²) in [4.78, 5) is 30.7. The molecular weight excluding hydrogens is 452 g/mol. The topological polar surface area (TPSA) is 132 Å². The normalized spacial score (nSPS) is 13.5. The quantitative estimate of drug-likeness (QED) is 0.494. The first kappa shape index (κ1) is 22.5. The summed E-state index contributed by atoms with van der Waals surface area (Å²) >= 11 is 6.35. The lowest BCUT2D eigenvalue weighted by molar-refractivity contribution is 0.0526. The van der Waals surface area contributed by atoms with Crippen molar-refractivity contribution >= 4 is 46.7 Å². The fourth-order valence-corrected chi connectivity index (χ4v) is 3.40. The van der Waals surface area contributed by atoms with E-state index in [4.69, 9.17) is 25.5 Å². The van der Waals surface area contributed by atoms with Crippen molar-refractivity contribution in [2.24, 2.45) is 0 Å². The van der Waals surface area contributed by atoms with Crippen LogP contribution in [0.15, 0.2) is 40.9 Å². The molecule has 1 aliphatic heterocycles. The van der Waals surface area contributed by atoms with Crippen LogP contribution in [0.5, 0.6) is 0 Å². The highest BCUT2D eigenvalue weighted by atomic mass is 35.5. The Morgan fingerprint density at radius 2 is 2.00 bits per heavy atom. The Kier molecular flexibility index (Phi) is 7.01. The number of aromatic nitrogens is 3. The number of rotatable bonds is 7. The van der Waals surface area contributed by atoms with Crippen LogP contribution >= 0.6 is 11.6 Å². The molecule has 0 atom stereocenters. The smallest absolute Gasteiger partial charge is 0.338 e. The Labute approximate surface area is 194 Å². The lowest BCUT2D eigenvalue weighted by Gasteiger charge is -2.28. The highest BCUT2D eigenvalue weighted by molar-refractivity contribution is 6.33. The predicted molar refractivity (Wildman–Crippen MR) is 120 cm³/mol. The van der Waals surface area contributed by atoms with E-state index in [1.54, 1.807) is 37.3 Å². The Morgan fingerprint density at radius 3 is 2.76 bits per heavy atom. The van der Waals surface area contributed by atoms with Crippen LogP contribution in [-0.4, -0.2) is 60.0 Å². The van der Waals surface area contributed by atoms with E-state index in [1.165, 1.54) is 6.20 Å². The third-order valence-corrected chi connectivity index (χ3v) is 4.91. The Balaban J connectivity index is 1.39. The number of halogens is 1. The maximum atomic E-state index is 12.5. The van der Waals surface area contributed by atoms with Crippen molar-refractivity contribution in [3.05, 3.63) is 53.0 Å². The van der Waals surface area contributed by atoms with E-state index in [0.717, 1.165) is 0 Å². The average molecular weight is 473 g/mol. The van der Waals surface area contributed by atoms with Crippen molar-refractivity contribution in [3.63, 3.8) is 0 Å². The number of hydrogen-bond acceptors (Lipinski definition) is 10. The van der Waals surface area contributed by atoms with E-state index in [-0.39, 0.29) is 18.5 Å². The number of morpholine rings is 1. The summed E-state index contributed by atoms with van der Waals surface area (Å²) in [6, 6.07) is 8.17. The molecule has 12 heteroatoms. The molecule has 3 aromatic rings. The van der Waals surface area contributed by atoms with Crippen molar-refractivity contribution in [2.45, 2.75) is 6.92 Å². The van der Waals surface area contributed by atoms with E-state index in [9.17, 15) is 9.59 Å². The molecule has 0 spiro atoms. The Morgan fingerprint density at radius 1 is 1.18 bits per heavy atom. The Bertz CT molecular complexity index is 1150. The number of amides is 1. The molecule has 33 heavy (non-hydrogen) atoms. The maximum absolute atomic E-state index is 12.5. The van der Waals surface area contributed by atoms with Gasteiger partial charge in [-0.25, -0.2) is 9.78 Å². The standard InChI is InChI=1S/C21H21ClN6O5/c1-2-32-20(30)13-4-3-5-14(10-13)25-21-27-26-19(33-21)18(29)24-15-11-16(22)17(23-12-15)28-6-8-31-9-7-28/h3-5,10-12H,2,6-9H2,1H3,(H,24,29)(H,25,27). The van der Waals surface area contributed by atoms with Crippen LogP contribution in [-0.2, 0) is 9.47 Å². The summed E-state index contributed by atoms with van der Waals surface area (Å²) in [5.74, 6) is -0.689. The second-order valence-electron chi connectivity index (χ2n) is 6.92. The number of anilines is 4. The zero-order valence-corrected chi connectivity index (χ0v) is 18.5. The lowest BCUT2D eigenvalue weighted by Crippen LogP contribution is -2.36. The number of nitrogens with zero attached hydrogens (tertiary/aromatic N) is 4. The molecule has 2 N–H and O–H groups in total. The molecule has 1 aromatic carbocycles. The molecule has 3 heterocycles. The van der Waals surface area contributed by atoms with E-state index in [0.29, 0.717) is 54.1 Å². The first-order valence-corrected chi connectivity index (χ1v) is 10.6. The number of esters is 1. The van der Waals surface area contributed by atoms with Crippen molar-refractivity contribution in [1.82, 2.24) is 15.2 Å². The number of carbonyl (C=O) groups excluding carboxylic acids is 2. The van der Waals surface area contributed by atoms with Crippen molar-refractivity contribution < 1.29 is 23.5 Å². The van der Waals surface area contributed by atoms with Crippen molar-refractivity contribution in [3.8, 4) is 0 Å². The first-order valence-electron chi connectivity index (χ1n) is 10.2. The van der Waals surface area contributed by atoms with Gasteiger partial charge in [-0.15, -0.1) is 5.10 Å². The highest BCUT2D eigenvalue weighted by Gasteiger charge is 2.19. The molecule has 1 fully saturated rings. The molecular formula is C21H21ClN6O5. The van der Waals surface area contributed by atoms with Crippen molar-refractivity contribution in [1.29, 1.82) is 0 Å². The monoisotopic (exact) mass is 472 g/mol. The van der Waals surface area contributed by atoms with Crippen molar-refractivity contribution in [2.75, 3.05) is 48.4 Å². The molecule has 0 bridgehead atoms. The molecule has 2 aromatic heterocycles. The molecule has 172 valence electrons. The lowest BCUT2D eigenvalue weighted by atomic mass is 10.2. The average Bonchev–Trinajstić information content (AvgIpc) is 3.29.